The molecule has 1 atom stereocenters. The van der Waals surface area contributed by atoms with Crippen molar-refractivity contribution in [3.63, 3.8) is 0 Å². The third kappa shape index (κ3) is 8.52. The zero-order chi connectivity index (χ0) is 13.9. The van der Waals surface area contributed by atoms with Gasteiger partial charge in [0.05, 0.1) is 19.3 Å². The highest BCUT2D eigenvalue weighted by molar-refractivity contribution is 4.63. The molecule has 0 radical (unpaired) electrons. The van der Waals surface area contributed by atoms with E-state index in [0.717, 1.165) is 32.5 Å². The van der Waals surface area contributed by atoms with Gasteiger partial charge >= 0.3 is 0 Å². The van der Waals surface area contributed by atoms with E-state index in [1.165, 1.54) is 6.42 Å². The van der Waals surface area contributed by atoms with E-state index in [-0.39, 0.29) is 6.10 Å². The second-order valence-corrected chi connectivity index (χ2v) is 4.96. The first-order valence-electron chi connectivity index (χ1n) is 7.20. The van der Waals surface area contributed by atoms with Crippen LogP contribution in [0.4, 0.5) is 0 Å². The molecule has 1 heterocycles. The molecule has 19 heavy (non-hydrogen) atoms. The molecular weight excluding hydrogens is 248 g/mol. The summed E-state index contributed by atoms with van der Waals surface area (Å²) in [6.45, 7) is 4.82. The molecule has 0 aromatic rings. The molecule has 0 amide bonds. The van der Waals surface area contributed by atoms with Crippen LogP contribution in [0, 0.1) is 0 Å². The van der Waals surface area contributed by atoms with Crippen molar-refractivity contribution in [1.29, 1.82) is 0 Å². The zero-order valence-corrected chi connectivity index (χ0v) is 11.7. The fourth-order valence-corrected chi connectivity index (χ4v) is 2.16. The zero-order valence-electron chi connectivity index (χ0n) is 11.7. The van der Waals surface area contributed by atoms with Crippen LogP contribution < -0.4 is 5.73 Å². The molecule has 0 spiro atoms. The summed E-state index contributed by atoms with van der Waals surface area (Å²) in [5.41, 5.74) is 5.53. The molecule has 1 saturated heterocycles. The lowest BCUT2D eigenvalue weighted by atomic mass is 10.1. The lowest BCUT2D eigenvalue weighted by Gasteiger charge is -2.24. The molecule has 0 aromatic heterocycles. The van der Waals surface area contributed by atoms with Gasteiger partial charge in [0.1, 0.15) is 0 Å². The molecular formula is C13H28N2O4. The van der Waals surface area contributed by atoms with Crippen LogP contribution in [-0.2, 0) is 9.47 Å². The van der Waals surface area contributed by atoms with Gasteiger partial charge in [-0.05, 0) is 19.3 Å². The van der Waals surface area contributed by atoms with Crippen LogP contribution in [0.1, 0.15) is 25.7 Å². The molecule has 1 rings (SSSR count). The minimum Gasteiger partial charge on any atom is -0.377 e. The van der Waals surface area contributed by atoms with Crippen LogP contribution in [0.5, 0.6) is 0 Å². The highest BCUT2D eigenvalue weighted by Crippen LogP contribution is 2.12. The van der Waals surface area contributed by atoms with Gasteiger partial charge in [-0.1, -0.05) is 0 Å². The quantitative estimate of drug-likeness (QED) is 0.369. The van der Waals surface area contributed by atoms with E-state index >= 15 is 0 Å². The predicted octanol–water partition coefficient (Wildman–Crippen LogP) is -0.466. The lowest BCUT2D eigenvalue weighted by Crippen LogP contribution is -2.35. The Hall–Kier alpha value is -0.240. The topological polar surface area (TPSA) is 88.2 Å². The maximum Gasteiger partial charge on any atom is 0.152 e. The highest BCUT2D eigenvalue weighted by Gasteiger charge is 2.14. The number of ether oxygens (including phenoxy) is 2. The van der Waals surface area contributed by atoms with Gasteiger partial charge in [-0.25, -0.2) is 0 Å². The van der Waals surface area contributed by atoms with Gasteiger partial charge in [-0.2, -0.15) is 0 Å². The van der Waals surface area contributed by atoms with Crippen molar-refractivity contribution in [2.75, 3.05) is 46.0 Å². The van der Waals surface area contributed by atoms with Gasteiger partial charge in [0, 0.05) is 39.2 Å². The summed E-state index contributed by atoms with van der Waals surface area (Å²) < 4.78 is 11.2. The second-order valence-electron chi connectivity index (χ2n) is 4.96. The fraction of sp³-hybridized carbons (Fsp3) is 1.00. The molecule has 6 nitrogen and oxygen atoms in total. The van der Waals surface area contributed by atoms with Crippen molar-refractivity contribution in [3.05, 3.63) is 0 Å². The van der Waals surface area contributed by atoms with Crippen LogP contribution in [0.2, 0.25) is 0 Å². The summed E-state index contributed by atoms with van der Waals surface area (Å²) in [4.78, 5) is 2.08. The first-order valence-corrected chi connectivity index (χ1v) is 7.20. The van der Waals surface area contributed by atoms with Crippen molar-refractivity contribution >= 4 is 0 Å². The minimum atomic E-state index is -1.25. The van der Waals surface area contributed by atoms with Crippen molar-refractivity contribution in [2.24, 2.45) is 5.73 Å². The molecule has 6 heteroatoms. The Morgan fingerprint density at radius 3 is 2.74 bits per heavy atom. The fourth-order valence-electron chi connectivity index (χ4n) is 2.16. The first kappa shape index (κ1) is 16.8. The van der Waals surface area contributed by atoms with E-state index < -0.39 is 6.29 Å². The summed E-state index contributed by atoms with van der Waals surface area (Å²) >= 11 is 0. The molecule has 1 aliphatic heterocycles. The van der Waals surface area contributed by atoms with Gasteiger partial charge in [-0.15, -0.1) is 0 Å². The molecule has 0 bridgehead atoms. The van der Waals surface area contributed by atoms with Gasteiger partial charge in [0.25, 0.3) is 0 Å². The van der Waals surface area contributed by atoms with Gasteiger partial charge in [0.15, 0.2) is 6.29 Å². The Labute approximate surface area is 115 Å². The minimum absolute atomic E-state index is 0.246. The van der Waals surface area contributed by atoms with Crippen LogP contribution in [0.3, 0.4) is 0 Å². The SMILES string of the molecule is NCCN(CCOC[C@@H]1CCCCO1)CCC(O)O. The Morgan fingerprint density at radius 1 is 1.26 bits per heavy atom. The number of nitrogens with two attached hydrogens (primary N) is 1. The molecule has 0 aliphatic carbocycles. The van der Waals surface area contributed by atoms with E-state index in [0.29, 0.717) is 32.7 Å². The summed E-state index contributed by atoms with van der Waals surface area (Å²) in [5.74, 6) is 0. The number of rotatable bonds is 10. The molecule has 1 aliphatic rings. The molecule has 0 saturated carbocycles. The van der Waals surface area contributed by atoms with Crippen molar-refractivity contribution in [1.82, 2.24) is 4.90 Å². The average Bonchev–Trinajstić information content (AvgIpc) is 2.41. The second kappa shape index (κ2) is 10.5. The third-order valence-corrected chi connectivity index (χ3v) is 3.28. The van der Waals surface area contributed by atoms with Crippen LogP contribution in [0.15, 0.2) is 0 Å². The van der Waals surface area contributed by atoms with Gasteiger partial charge in [-0.3, -0.25) is 4.90 Å². The van der Waals surface area contributed by atoms with Crippen LogP contribution >= 0.6 is 0 Å². The number of nitrogens with zero attached hydrogens (tertiary/aromatic N) is 1. The Kier molecular flexibility index (Phi) is 9.32. The predicted molar refractivity (Wildman–Crippen MR) is 72.7 cm³/mol. The van der Waals surface area contributed by atoms with E-state index in [1.54, 1.807) is 0 Å². The molecule has 0 aromatic carbocycles. The Bertz CT molecular complexity index is 211. The number of aliphatic hydroxyl groups is 2. The van der Waals surface area contributed by atoms with Crippen LogP contribution in [0.25, 0.3) is 0 Å². The summed E-state index contributed by atoms with van der Waals surface area (Å²) in [6, 6.07) is 0. The maximum absolute atomic E-state index is 8.86. The third-order valence-electron chi connectivity index (χ3n) is 3.28. The number of aliphatic hydroxyl groups excluding tert-OH is 1. The van der Waals surface area contributed by atoms with Crippen LogP contribution in [-0.4, -0.2) is 73.5 Å². The first-order chi connectivity index (χ1) is 9.22. The van der Waals surface area contributed by atoms with Gasteiger partial charge < -0.3 is 25.4 Å². The number of hydrogen-bond acceptors (Lipinski definition) is 6. The van der Waals surface area contributed by atoms with Crippen molar-refractivity contribution < 1.29 is 19.7 Å². The van der Waals surface area contributed by atoms with Gasteiger partial charge in [0.2, 0.25) is 0 Å². The smallest absolute Gasteiger partial charge is 0.152 e. The summed E-state index contributed by atoms with van der Waals surface area (Å²) in [5, 5.41) is 17.7. The standard InChI is InChI=1S/C13H28N2O4/c14-5-7-15(6-4-13(16)17)8-10-18-11-12-3-1-2-9-19-12/h12-13,16-17H,1-11,14H2/t12-/m0/s1. The van der Waals surface area contributed by atoms with E-state index in [1.807, 2.05) is 0 Å². The normalized spacial score (nSPS) is 20.4. The average molecular weight is 276 g/mol. The molecule has 1 fully saturated rings. The highest BCUT2D eigenvalue weighted by atomic mass is 16.5. The van der Waals surface area contributed by atoms with E-state index in [4.69, 9.17) is 25.4 Å². The largest absolute Gasteiger partial charge is 0.377 e. The Balaban J connectivity index is 2.05. The summed E-state index contributed by atoms with van der Waals surface area (Å²) in [7, 11) is 0. The summed E-state index contributed by atoms with van der Waals surface area (Å²) in [6.07, 6.45) is 2.80. The van der Waals surface area contributed by atoms with Crippen molar-refractivity contribution in [2.45, 2.75) is 38.1 Å². The molecule has 4 N–H and O–H groups in total. The van der Waals surface area contributed by atoms with Crippen molar-refractivity contribution in [3.8, 4) is 0 Å². The monoisotopic (exact) mass is 276 g/mol. The van der Waals surface area contributed by atoms with E-state index in [2.05, 4.69) is 4.90 Å². The number of hydrogen-bond donors (Lipinski definition) is 3. The molecule has 0 unspecified atom stereocenters. The molecule has 114 valence electrons. The lowest BCUT2D eigenvalue weighted by molar-refractivity contribution is -0.0552. The Morgan fingerprint density at radius 2 is 2.11 bits per heavy atom. The van der Waals surface area contributed by atoms with E-state index in [9.17, 15) is 0 Å². The maximum atomic E-state index is 8.86.